The Hall–Kier alpha value is -1.27. The summed E-state index contributed by atoms with van der Waals surface area (Å²) in [4.78, 5) is 9.00. The van der Waals surface area contributed by atoms with Crippen LogP contribution in [0.4, 0.5) is 11.4 Å². The van der Waals surface area contributed by atoms with Crippen LogP contribution < -0.4 is 20.1 Å². The lowest BCUT2D eigenvalue weighted by atomic mass is 10.3. The number of nitrogens with one attached hydrogen (secondary N) is 2. The predicted molar refractivity (Wildman–Crippen MR) is 125 cm³/mol. The molecule has 0 saturated heterocycles. The van der Waals surface area contributed by atoms with Crippen LogP contribution in [0.1, 0.15) is 20.8 Å². The maximum atomic E-state index is 9.00. The van der Waals surface area contributed by atoms with Gasteiger partial charge in [-0.25, -0.2) is 0 Å². The van der Waals surface area contributed by atoms with Gasteiger partial charge in [-0.2, -0.15) is 0 Å². The van der Waals surface area contributed by atoms with Crippen molar-refractivity contribution in [3.05, 3.63) is 48.5 Å². The second-order valence-electron chi connectivity index (χ2n) is 5.01. The van der Waals surface area contributed by atoms with Gasteiger partial charge in [0, 0.05) is 18.3 Å². The van der Waals surface area contributed by atoms with Gasteiger partial charge in [-0.1, -0.05) is 0 Å². The van der Waals surface area contributed by atoms with E-state index in [9.17, 15) is 0 Å². The summed E-state index contributed by atoms with van der Waals surface area (Å²) < 4.78 is 10.8. The Morgan fingerprint density at radius 2 is 1.14 bits per heavy atom. The zero-order valence-corrected chi connectivity index (χ0v) is 15.9. The van der Waals surface area contributed by atoms with Crippen LogP contribution in [-0.4, -0.2) is 75.5 Å². The quantitative estimate of drug-likeness (QED) is 0.481. The monoisotopic (exact) mass is 428 g/mol. The first-order chi connectivity index (χ1) is 12.4. The van der Waals surface area contributed by atoms with Crippen molar-refractivity contribution in [2.24, 2.45) is 0 Å². The van der Waals surface area contributed by atoms with Crippen molar-refractivity contribution < 1.29 is 19.4 Å². The van der Waals surface area contributed by atoms with Crippen molar-refractivity contribution >= 4 is 80.8 Å². The fourth-order valence-corrected chi connectivity index (χ4v) is 2.13. The van der Waals surface area contributed by atoms with Crippen LogP contribution in [0, 0.1) is 0 Å². The smallest absolute Gasteiger partial charge is 0.316 e. The lowest BCUT2D eigenvalue weighted by Gasteiger charge is -2.12. The van der Waals surface area contributed by atoms with Crippen LogP contribution in [0.25, 0.3) is 0 Å². The van der Waals surface area contributed by atoms with Gasteiger partial charge in [0.25, 0.3) is 5.97 Å². The fourth-order valence-electron chi connectivity index (χ4n) is 1.90. The zero-order valence-electron chi connectivity index (χ0n) is 15.1. The van der Waals surface area contributed by atoms with E-state index in [4.69, 9.17) is 31.6 Å². The molecule has 0 heterocycles. The Morgan fingerprint density at radius 3 is 1.39 bits per heavy atom. The molecule has 2 aromatic rings. The summed E-state index contributed by atoms with van der Waals surface area (Å²) in [7, 11) is 0. The summed E-state index contributed by atoms with van der Waals surface area (Å²) in [6.07, 6.45) is 0. The molecule has 0 fully saturated rings. The van der Waals surface area contributed by atoms with Gasteiger partial charge in [0.05, 0.1) is 13.2 Å². The van der Waals surface area contributed by atoms with Crippen LogP contribution in [0.15, 0.2) is 48.5 Å². The maximum absolute atomic E-state index is 9.00. The highest BCUT2D eigenvalue weighted by molar-refractivity contribution is 7.80. The van der Waals surface area contributed by atoms with Gasteiger partial charge < -0.3 is 25.2 Å². The molecule has 9 heteroatoms. The number of thiocarbonyl (C=S) groups is 1. The highest BCUT2D eigenvalue weighted by Gasteiger charge is 2.00. The van der Waals surface area contributed by atoms with Crippen LogP contribution in [0.2, 0.25) is 0 Å². The molecule has 0 aliphatic carbocycles. The molecule has 0 amide bonds. The van der Waals surface area contributed by atoms with Crippen LogP contribution in [0.3, 0.4) is 0 Å². The fraction of sp³-hybridized carbons (Fsp3) is 0.263. The largest absolute Gasteiger partial charge is 0.494 e. The third-order valence-electron chi connectivity index (χ3n) is 2.85. The van der Waals surface area contributed by atoms with Crippen molar-refractivity contribution in [3.63, 3.8) is 0 Å². The number of carboxylic acid groups (broad SMARTS) is 1. The van der Waals surface area contributed by atoms with Gasteiger partial charge >= 0.3 is 46.1 Å². The Kier molecular flexibility index (Phi) is 17.2. The van der Waals surface area contributed by atoms with Gasteiger partial charge in [-0.15, -0.1) is 0 Å². The van der Waals surface area contributed by atoms with E-state index in [1.54, 1.807) is 0 Å². The minimum absolute atomic E-state index is 0. The topological polar surface area (TPSA) is 79.8 Å². The molecular formula is C19H28Mg2N2O4S. The first kappa shape index (κ1) is 28.9. The number of anilines is 2. The van der Waals surface area contributed by atoms with E-state index in [2.05, 4.69) is 10.6 Å². The van der Waals surface area contributed by atoms with E-state index in [1.165, 1.54) is 0 Å². The second-order valence-corrected chi connectivity index (χ2v) is 5.42. The van der Waals surface area contributed by atoms with Crippen molar-refractivity contribution in [2.45, 2.75) is 20.8 Å². The van der Waals surface area contributed by atoms with E-state index in [0.29, 0.717) is 18.3 Å². The van der Waals surface area contributed by atoms with E-state index >= 15 is 0 Å². The lowest BCUT2D eigenvalue weighted by molar-refractivity contribution is -0.134. The van der Waals surface area contributed by atoms with Gasteiger partial charge in [0.15, 0.2) is 5.11 Å². The zero-order chi connectivity index (χ0) is 19.4. The summed E-state index contributed by atoms with van der Waals surface area (Å²) in [6, 6.07) is 15.3. The lowest BCUT2D eigenvalue weighted by Crippen LogP contribution is -2.18. The minimum Gasteiger partial charge on any atom is -0.494 e. The van der Waals surface area contributed by atoms with Crippen molar-refractivity contribution in [2.75, 3.05) is 23.8 Å². The van der Waals surface area contributed by atoms with Gasteiger partial charge in [-0.3, -0.25) is 4.79 Å². The van der Waals surface area contributed by atoms with Crippen molar-refractivity contribution in [1.82, 2.24) is 0 Å². The number of aliphatic carboxylic acids is 1. The van der Waals surface area contributed by atoms with E-state index in [0.717, 1.165) is 29.8 Å². The van der Waals surface area contributed by atoms with Gasteiger partial charge in [0.1, 0.15) is 11.5 Å². The molecule has 3 N–H and O–H groups in total. The third-order valence-corrected chi connectivity index (χ3v) is 3.05. The Balaban J connectivity index is 0. The number of carbonyl (C=O) groups is 1. The average Bonchev–Trinajstić information content (AvgIpc) is 2.58. The van der Waals surface area contributed by atoms with Crippen molar-refractivity contribution in [3.8, 4) is 11.5 Å². The molecule has 0 bridgehead atoms. The molecule has 0 saturated carbocycles. The average molecular weight is 429 g/mol. The van der Waals surface area contributed by atoms with E-state index in [-0.39, 0.29) is 46.1 Å². The highest BCUT2D eigenvalue weighted by Crippen LogP contribution is 2.18. The van der Waals surface area contributed by atoms with Gasteiger partial charge in [0.2, 0.25) is 0 Å². The number of benzene rings is 2. The highest BCUT2D eigenvalue weighted by atomic mass is 32.1. The molecule has 0 atom stereocenters. The molecule has 28 heavy (non-hydrogen) atoms. The van der Waals surface area contributed by atoms with Crippen LogP contribution in [-0.2, 0) is 4.79 Å². The summed E-state index contributed by atoms with van der Waals surface area (Å²) in [5.74, 6) is 0.858. The SMILES string of the molecule is CC(=O)O.CCOc1ccc(NC(=S)Nc2ccc(OCC)cc2)cc1.[MgH2].[MgH2]. The number of ether oxygens (including phenoxy) is 2. The summed E-state index contributed by atoms with van der Waals surface area (Å²) in [5, 5.41) is 14.2. The van der Waals surface area contributed by atoms with Crippen LogP contribution in [0.5, 0.6) is 11.5 Å². The molecule has 2 rings (SSSR count). The normalized spacial score (nSPS) is 8.68. The second kappa shape index (κ2) is 16.7. The van der Waals surface area contributed by atoms with Crippen molar-refractivity contribution in [1.29, 1.82) is 0 Å². The first-order valence-electron chi connectivity index (χ1n) is 8.17. The molecule has 0 spiro atoms. The van der Waals surface area contributed by atoms with E-state index < -0.39 is 5.97 Å². The summed E-state index contributed by atoms with van der Waals surface area (Å²) in [6.45, 7) is 6.32. The maximum Gasteiger partial charge on any atom is 0.316 e. The molecule has 0 aliphatic rings. The molecular weight excluding hydrogens is 401 g/mol. The third kappa shape index (κ3) is 13.0. The minimum atomic E-state index is -0.833. The van der Waals surface area contributed by atoms with E-state index in [1.807, 2.05) is 62.4 Å². The molecule has 6 nitrogen and oxygen atoms in total. The number of hydrogen-bond acceptors (Lipinski definition) is 4. The predicted octanol–water partition coefficient (Wildman–Crippen LogP) is 2.55. The summed E-state index contributed by atoms with van der Waals surface area (Å²) in [5.41, 5.74) is 1.82. The molecule has 0 unspecified atom stereocenters. The Labute approximate surface area is 203 Å². The summed E-state index contributed by atoms with van der Waals surface area (Å²) >= 11 is 5.30. The van der Waals surface area contributed by atoms with Crippen LogP contribution >= 0.6 is 12.2 Å². The number of carboxylic acids is 1. The molecule has 148 valence electrons. The molecule has 0 radical (unpaired) electrons. The number of hydrogen-bond donors (Lipinski definition) is 3. The number of rotatable bonds is 6. The Bertz CT molecular complexity index is 641. The van der Waals surface area contributed by atoms with Gasteiger partial charge in [-0.05, 0) is 74.6 Å². The standard InChI is InChI=1S/C17H20N2O2S.C2H4O2.2Mg.4H/c1-3-20-15-9-5-13(6-10-15)18-17(22)19-14-7-11-16(12-8-14)21-4-2;1-2(3)4;;;;;;/h5-12H,3-4H2,1-2H3,(H2,18,19,22);1H3,(H,3,4);;;;;;. The molecule has 0 aliphatic heterocycles. The first-order valence-corrected chi connectivity index (χ1v) is 8.58. The molecule has 2 aromatic carbocycles. The molecule has 0 aromatic heterocycles. The Morgan fingerprint density at radius 1 is 0.857 bits per heavy atom.